The van der Waals surface area contributed by atoms with Crippen molar-refractivity contribution < 1.29 is 13.7 Å². The maximum Gasteiger partial charge on any atom is 0.223 e. The molecule has 0 radical (unpaired) electrons. The van der Waals surface area contributed by atoms with Crippen molar-refractivity contribution in [1.82, 2.24) is 10.1 Å². The highest BCUT2D eigenvalue weighted by atomic mass is 19.1. The molecule has 0 amide bonds. The van der Waals surface area contributed by atoms with E-state index in [1.165, 1.54) is 0 Å². The third kappa shape index (κ3) is 3.38. The summed E-state index contributed by atoms with van der Waals surface area (Å²) in [7, 11) is 0. The maximum atomic E-state index is 12.3. The second kappa shape index (κ2) is 6.10. The maximum absolute atomic E-state index is 12.3. The summed E-state index contributed by atoms with van der Waals surface area (Å²) in [5.74, 6) is 1.66. The quantitative estimate of drug-likeness (QED) is 0.895. The summed E-state index contributed by atoms with van der Waals surface area (Å²) in [6, 6.07) is 7.13. The Kier molecular flexibility index (Phi) is 4.25. The first kappa shape index (κ1) is 13.2. The van der Waals surface area contributed by atoms with Crippen molar-refractivity contribution in [3.63, 3.8) is 0 Å². The van der Waals surface area contributed by atoms with Gasteiger partial charge in [-0.15, -0.1) is 0 Å². The Bertz CT molecular complexity index is 564. The number of hydrogen-bond donors (Lipinski definition) is 1. The molecule has 1 heterocycles. The van der Waals surface area contributed by atoms with Gasteiger partial charge >= 0.3 is 0 Å². The van der Waals surface area contributed by atoms with Crippen molar-refractivity contribution in [3.8, 4) is 17.1 Å². The Morgan fingerprint density at radius 2 is 2.16 bits per heavy atom. The smallest absolute Gasteiger partial charge is 0.223 e. The molecule has 0 aliphatic heterocycles. The zero-order valence-electron chi connectivity index (χ0n) is 10.5. The molecule has 2 aromatic rings. The van der Waals surface area contributed by atoms with Gasteiger partial charge in [0.15, 0.2) is 0 Å². The van der Waals surface area contributed by atoms with E-state index in [1.54, 1.807) is 31.2 Å². The Balaban J connectivity index is 2.02. The number of hydrogen-bond acceptors (Lipinski definition) is 5. The van der Waals surface area contributed by atoms with E-state index < -0.39 is 0 Å². The topological polar surface area (TPSA) is 74.2 Å². The van der Waals surface area contributed by atoms with Crippen LogP contribution < -0.4 is 10.5 Å². The molecule has 0 spiro atoms. The first-order valence-corrected chi connectivity index (χ1v) is 5.74. The molecule has 0 saturated heterocycles. The van der Waals surface area contributed by atoms with Gasteiger partial charge in [-0.3, -0.25) is 0 Å². The standard InChI is InChI=1S/C13H14FN3O2/c1-9-16-13(17-19-9)11-2-4-12(5-3-11)18-8-10(6-14)7-15/h2-6H,7-8,15H2,1H3/b10-6-. The van der Waals surface area contributed by atoms with Gasteiger partial charge in [-0.2, -0.15) is 4.98 Å². The Morgan fingerprint density at radius 3 is 2.68 bits per heavy atom. The minimum Gasteiger partial charge on any atom is -0.489 e. The van der Waals surface area contributed by atoms with E-state index in [1.807, 2.05) is 0 Å². The van der Waals surface area contributed by atoms with Crippen LogP contribution in [-0.2, 0) is 0 Å². The second-order valence-corrected chi connectivity index (χ2v) is 3.92. The largest absolute Gasteiger partial charge is 0.489 e. The number of benzene rings is 1. The van der Waals surface area contributed by atoms with E-state index in [0.717, 1.165) is 5.56 Å². The Morgan fingerprint density at radius 1 is 1.42 bits per heavy atom. The zero-order chi connectivity index (χ0) is 13.7. The highest BCUT2D eigenvalue weighted by Crippen LogP contribution is 2.20. The lowest BCUT2D eigenvalue weighted by Crippen LogP contribution is -2.10. The molecule has 2 N–H and O–H groups in total. The summed E-state index contributed by atoms with van der Waals surface area (Å²) in [6.45, 7) is 2.00. The molecule has 6 heteroatoms. The molecule has 0 unspecified atom stereocenters. The van der Waals surface area contributed by atoms with Crippen LogP contribution in [0.3, 0.4) is 0 Å². The van der Waals surface area contributed by atoms with Gasteiger partial charge in [0.2, 0.25) is 11.7 Å². The number of rotatable bonds is 5. The van der Waals surface area contributed by atoms with Crippen LogP contribution in [0, 0.1) is 6.92 Å². The van der Waals surface area contributed by atoms with Crippen molar-refractivity contribution in [2.45, 2.75) is 6.92 Å². The van der Waals surface area contributed by atoms with Crippen molar-refractivity contribution in [1.29, 1.82) is 0 Å². The third-order valence-corrected chi connectivity index (χ3v) is 2.48. The number of aromatic nitrogens is 2. The lowest BCUT2D eigenvalue weighted by atomic mass is 10.2. The Hall–Kier alpha value is -2.21. The number of ether oxygens (including phenoxy) is 1. The summed E-state index contributed by atoms with van der Waals surface area (Å²) in [5.41, 5.74) is 6.56. The molecule has 0 fully saturated rings. The van der Waals surface area contributed by atoms with Crippen LogP contribution in [0.15, 0.2) is 40.7 Å². The molecule has 0 bridgehead atoms. The van der Waals surface area contributed by atoms with Crippen LogP contribution in [-0.4, -0.2) is 23.3 Å². The van der Waals surface area contributed by atoms with Crippen LogP contribution >= 0.6 is 0 Å². The molecule has 1 aromatic heterocycles. The average molecular weight is 263 g/mol. The summed E-state index contributed by atoms with van der Waals surface area (Å²) < 4.78 is 22.6. The van der Waals surface area contributed by atoms with Gasteiger partial charge in [0.05, 0.1) is 6.33 Å². The zero-order valence-corrected chi connectivity index (χ0v) is 10.5. The SMILES string of the molecule is Cc1nc(-c2ccc(OC/C(=C\F)CN)cc2)no1. The third-order valence-electron chi connectivity index (χ3n) is 2.48. The number of nitrogens with two attached hydrogens (primary N) is 1. The van der Waals surface area contributed by atoms with Gasteiger partial charge in [-0.05, 0) is 24.3 Å². The van der Waals surface area contributed by atoms with Gasteiger partial charge in [-0.1, -0.05) is 5.16 Å². The van der Waals surface area contributed by atoms with Gasteiger partial charge in [0.1, 0.15) is 12.4 Å². The predicted octanol–water partition coefficient (Wildman–Crippen LogP) is 2.24. The fraction of sp³-hybridized carbons (Fsp3) is 0.231. The molecule has 0 atom stereocenters. The van der Waals surface area contributed by atoms with Crippen molar-refractivity contribution in [3.05, 3.63) is 42.1 Å². The first-order valence-electron chi connectivity index (χ1n) is 5.74. The molecular weight excluding hydrogens is 249 g/mol. The normalized spacial score (nSPS) is 11.6. The predicted molar refractivity (Wildman–Crippen MR) is 68.2 cm³/mol. The molecule has 0 aliphatic rings. The highest BCUT2D eigenvalue weighted by Gasteiger charge is 2.05. The monoisotopic (exact) mass is 263 g/mol. The minimum atomic E-state index is 0.133. The molecule has 19 heavy (non-hydrogen) atoms. The lowest BCUT2D eigenvalue weighted by Gasteiger charge is -2.07. The summed E-state index contributed by atoms with van der Waals surface area (Å²) >= 11 is 0. The van der Waals surface area contributed by atoms with Crippen LogP contribution in [0.2, 0.25) is 0 Å². The lowest BCUT2D eigenvalue weighted by molar-refractivity contribution is 0.347. The van der Waals surface area contributed by atoms with E-state index >= 15 is 0 Å². The fourth-order valence-corrected chi connectivity index (χ4v) is 1.43. The van der Waals surface area contributed by atoms with Crippen LogP contribution in [0.5, 0.6) is 5.75 Å². The van der Waals surface area contributed by atoms with Crippen LogP contribution in [0.25, 0.3) is 11.4 Å². The summed E-state index contributed by atoms with van der Waals surface area (Å²) in [6.07, 6.45) is 0.469. The number of halogens is 1. The van der Waals surface area contributed by atoms with Gasteiger partial charge in [0.25, 0.3) is 0 Å². The number of aryl methyl sites for hydroxylation is 1. The van der Waals surface area contributed by atoms with E-state index in [2.05, 4.69) is 10.1 Å². The summed E-state index contributed by atoms with van der Waals surface area (Å²) in [4.78, 5) is 4.12. The summed E-state index contributed by atoms with van der Waals surface area (Å²) in [5, 5.41) is 3.81. The first-order chi connectivity index (χ1) is 9.22. The van der Waals surface area contributed by atoms with Crippen LogP contribution in [0.4, 0.5) is 4.39 Å². The molecule has 0 saturated carbocycles. The second-order valence-electron chi connectivity index (χ2n) is 3.92. The fourth-order valence-electron chi connectivity index (χ4n) is 1.43. The highest BCUT2D eigenvalue weighted by molar-refractivity contribution is 5.55. The van der Waals surface area contributed by atoms with Gasteiger partial charge < -0.3 is 15.0 Å². The van der Waals surface area contributed by atoms with Crippen molar-refractivity contribution >= 4 is 0 Å². The van der Waals surface area contributed by atoms with E-state index in [0.29, 0.717) is 29.4 Å². The molecule has 2 rings (SSSR count). The van der Waals surface area contributed by atoms with Gasteiger partial charge in [-0.25, -0.2) is 4.39 Å². The molecule has 100 valence electrons. The van der Waals surface area contributed by atoms with Crippen LogP contribution in [0.1, 0.15) is 5.89 Å². The number of nitrogens with zero attached hydrogens (tertiary/aromatic N) is 2. The van der Waals surface area contributed by atoms with Crippen molar-refractivity contribution in [2.75, 3.05) is 13.2 Å². The molecule has 0 aliphatic carbocycles. The minimum absolute atomic E-state index is 0.133. The van der Waals surface area contributed by atoms with Crippen molar-refractivity contribution in [2.24, 2.45) is 5.73 Å². The van der Waals surface area contributed by atoms with E-state index in [4.69, 9.17) is 15.0 Å². The molecule has 5 nitrogen and oxygen atoms in total. The average Bonchev–Trinajstić information content (AvgIpc) is 2.87. The van der Waals surface area contributed by atoms with E-state index in [9.17, 15) is 4.39 Å². The Labute approximate surface area is 109 Å². The van der Waals surface area contributed by atoms with E-state index in [-0.39, 0.29) is 13.2 Å². The molecule has 1 aromatic carbocycles. The molecular formula is C13H14FN3O2. The van der Waals surface area contributed by atoms with Gasteiger partial charge in [0, 0.05) is 24.6 Å².